The Morgan fingerprint density at radius 2 is 2.04 bits per heavy atom. The molecule has 1 unspecified atom stereocenters. The molecular formula is C17H18Cl2N6S. The molecule has 0 amide bonds. The zero-order chi connectivity index (χ0) is 18.9. The summed E-state index contributed by atoms with van der Waals surface area (Å²) < 4.78 is 0. The fourth-order valence-corrected chi connectivity index (χ4v) is 3.65. The van der Waals surface area contributed by atoms with Crippen molar-refractivity contribution in [2.24, 2.45) is 4.99 Å². The first-order chi connectivity index (χ1) is 12.5. The summed E-state index contributed by atoms with van der Waals surface area (Å²) in [4.78, 5) is 8.36. The van der Waals surface area contributed by atoms with Crippen molar-refractivity contribution in [2.45, 2.75) is 5.25 Å². The zero-order valence-corrected chi connectivity index (χ0v) is 16.4. The molecule has 0 radical (unpaired) electrons. The number of rotatable bonds is 6. The lowest BCUT2D eigenvalue weighted by molar-refractivity contribution is 0.927. The summed E-state index contributed by atoms with van der Waals surface area (Å²) in [5, 5.41) is 15.2. The molecule has 0 saturated heterocycles. The number of halogens is 2. The van der Waals surface area contributed by atoms with Gasteiger partial charge < -0.3 is 11.1 Å². The highest BCUT2D eigenvalue weighted by atomic mass is 35.5. The van der Waals surface area contributed by atoms with Crippen LogP contribution >= 0.6 is 35.0 Å². The van der Waals surface area contributed by atoms with Gasteiger partial charge in [0.1, 0.15) is 5.15 Å². The number of nitrogen functional groups attached to an aromatic ring is 1. The highest BCUT2D eigenvalue weighted by molar-refractivity contribution is 7.99. The lowest BCUT2D eigenvalue weighted by Gasteiger charge is -2.19. The Balaban J connectivity index is 2.15. The minimum atomic E-state index is -0.0984. The molecule has 2 rings (SSSR count). The Morgan fingerprint density at radius 3 is 2.69 bits per heavy atom. The number of nitrogens with two attached hydrogens (primary N) is 1. The van der Waals surface area contributed by atoms with E-state index < -0.39 is 0 Å². The van der Waals surface area contributed by atoms with Gasteiger partial charge in [-0.2, -0.15) is 5.26 Å². The molecule has 0 spiro atoms. The lowest BCUT2D eigenvalue weighted by atomic mass is 10.1. The third-order valence-electron chi connectivity index (χ3n) is 3.42. The largest absolute Gasteiger partial charge is 0.397 e. The molecule has 2 aromatic rings. The SMILES string of the molecule is CN=C(NC#N)NCCSC(c1ccc(Cl)cc1)c1nc(Cl)ccc1N. The van der Waals surface area contributed by atoms with Gasteiger partial charge in [0.25, 0.3) is 0 Å². The van der Waals surface area contributed by atoms with Crippen molar-refractivity contribution in [3.8, 4) is 6.19 Å². The summed E-state index contributed by atoms with van der Waals surface area (Å²) in [7, 11) is 1.60. The molecule has 0 bridgehead atoms. The van der Waals surface area contributed by atoms with E-state index in [9.17, 15) is 0 Å². The Hall–Kier alpha value is -2.14. The number of pyridine rings is 1. The minimum Gasteiger partial charge on any atom is -0.397 e. The van der Waals surface area contributed by atoms with Gasteiger partial charge in [0.15, 0.2) is 6.19 Å². The smallest absolute Gasteiger partial charge is 0.204 e. The van der Waals surface area contributed by atoms with Gasteiger partial charge in [0.2, 0.25) is 5.96 Å². The first-order valence-corrected chi connectivity index (χ1v) is 9.50. The van der Waals surface area contributed by atoms with Gasteiger partial charge in [0, 0.05) is 24.4 Å². The fourth-order valence-electron chi connectivity index (χ4n) is 2.22. The summed E-state index contributed by atoms with van der Waals surface area (Å²) in [6, 6.07) is 11.0. The predicted molar refractivity (Wildman–Crippen MR) is 110 cm³/mol. The number of nitriles is 1. The van der Waals surface area contributed by atoms with E-state index in [0.29, 0.717) is 34.1 Å². The maximum absolute atomic E-state index is 8.66. The van der Waals surface area contributed by atoms with Crippen molar-refractivity contribution >= 4 is 46.6 Å². The van der Waals surface area contributed by atoms with E-state index >= 15 is 0 Å². The van der Waals surface area contributed by atoms with E-state index in [1.54, 1.807) is 30.9 Å². The molecule has 4 N–H and O–H groups in total. The normalized spacial score (nSPS) is 12.3. The number of nitrogens with one attached hydrogen (secondary N) is 2. The quantitative estimate of drug-likeness (QED) is 0.169. The van der Waals surface area contributed by atoms with E-state index in [4.69, 9.17) is 34.2 Å². The zero-order valence-electron chi connectivity index (χ0n) is 14.0. The van der Waals surface area contributed by atoms with Gasteiger partial charge >= 0.3 is 0 Å². The summed E-state index contributed by atoms with van der Waals surface area (Å²) in [5.74, 6) is 1.16. The highest BCUT2D eigenvalue weighted by Crippen LogP contribution is 2.38. The summed E-state index contributed by atoms with van der Waals surface area (Å²) >= 11 is 13.7. The number of thioether (sulfide) groups is 1. The molecule has 0 aliphatic heterocycles. The van der Waals surface area contributed by atoms with Gasteiger partial charge in [0.05, 0.1) is 16.6 Å². The second-order valence-electron chi connectivity index (χ2n) is 5.15. The molecule has 1 heterocycles. The van der Waals surface area contributed by atoms with E-state index in [1.807, 2.05) is 30.5 Å². The molecule has 9 heteroatoms. The van der Waals surface area contributed by atoms with Crippen LogP contribution in [0.25, 0.3) is 0 Å². The molecule has 0 aliphatic carbocycles. The van der Waals surface area contributed by atoms with Crippen molar-refractivity contribution in [3.63, 3.8) is 0 Å². The summed E-state index contributed by atoms with van der Waals surface area (Å²) in [5.41, 5.74) is 8.45. The number of guanidine groups is 1. The topological polar surface area (TPSA) is 99.1 Å². The van der Waals surface area contributed by atoms with Crippen LogP contribution in [0.2, 0.25) is 10.2 Å². The molecule has 1 aromatic heterocycles. The number of aliphatic imine (C=N–C) groups is 1. The van der Waals surface area contributed by atoms with Crippen LogP contribution in [0.5, 0.6) is 0 Å². The van der Waals surface area contributed by atoms with E-state index in [0.717, 1.165) is 11.3 Å². The number of nitrogens with zero attached hydrogens (tertiary/aromatic N) is 3. The van der Waals surface area contributed by atoms with Gasteiger partial charge in [-0.15, -0.1) is 11.8 Å². The fraction of sp³-hybridized carbons (Fsp3) is 0.235. The van der Waals surface area contributed by atoms with Crippen LogP contribution in [0.4, 0.5) is 5.69 Å². The van der Waals surface area contributed by atoms with Crippen LogP contribution in [0.15, 0.2) is 41.4 Å². The van der Waals surface area contributed by atoms with Crippen molar-refractivity contribution in [2.75, 3.05) is 25.1 Å². The van der Waals surface area contributed by atoms with Crippen molar-refractivity contribution in [1.29, 1.82) is 5.26 Å². The first kappa shape index (κ1) is 20.2. The van der Waals surface area contributed by atoms with Gasteiger partial charge in [-0.05, 0) is 29.8 Å². The van der Waals surface area contributed by atoms with E-state index in [2.05, 4.69) is 20.6 Å². The third kappa shape index (κ3) is 5.70. The Bertz CT molecular complexity index is 804. The van der Waals surface area contributed by atoms with Crippen LogP contribution in [0.3, 0.4) is 0 Å². The summed E-state index contributed by atoms with van der Waals surface area (Å²) in [6.45, 7) is 0.608. The predicted octanol–water partition coefficient (Wildman–Crippen LogP) is 3.44. The number of benzene rings is 1. The average molecular weight is 409 g/mol. The molecule has 1 aromatic carbocycles. The molecule has 6 nitrogen and oxygen atoms in total. The number of aromatic nitrogens is 1. The molecule has 0 saturated carbocycles. The second kappa shape index (κ2) is 10.1. The maximum atomic E-state index is 8.66. The Labute approximate surface area is 166 Å². The molecule has 136 valence electrons. The molecule has 0 fully saturated rings. The van der Waals surface area contributed by atoms with Crippen LogP contribution in [0, 0.1) is 11.5 Å². The first-order valence-electron chi connectivity index (χ1n) is 7.70. The van der Waals surface area contributed by atoms with Crippen LogP contribution in [0.1, 0.15) is 16.5 Å². The Morgan fingerprint density at radius 1 is 1.31 bits per heavy atom. The average Bonchev–Trinajstić information content (AvgIpc) is 2.64. The second-order valence-corrected chi connectivity index (χ2v) is 7.18. The molecule has 0 aliphatic rings. The standard InChI is InChI=1S/C17H18Cl2N6S/c1-22-17(24-10-20)23-8-9-26-16(11-2-4-12(18)5-3-11)15-13(21)6-7-14(19)25-15/h2-7,16H,8-9,21H2,1H3,(H2,22,23,24). The number of hydrogen-bond donors (Lipinski definition) is 3. The van der Waals surface area contributed by atoms with Crippen molar-refractivity contribution in [1.82, 2.24) is 15.6 Å². The lowest BCUT2D eigenvalue weighted by Crippen LogP contribution is -2.35. The summed E-state index contributed by atoms with van der Waals surface area (Å²) in [6.07, 6.45) is 1.84. The minimum absolute atomic E-state index is 0.0984. The van der Waals surface area contributed by atoms with Gasteiger partial charge in [-0.3, -0.25) is 10.3 Å². The monoisotopic (exact) mass is 408 g/mol. The van der Waals surface area contributed by atoms with Gasteiger partial charge in [-0.1, -0.05) is 35.3 Å². The van der Waals surface area contributed by atoms with E-state index in [-0.39, 0.29) is 5.25 Å². The molecular weight excluding hydrogens is 391 g/mol. The molecule has 1 atom stereocenters. The maximum Gasteiger partial charge on any atom is 0.204 e. The third-order valence-corrected chi connectivity index (χ3v) is 5.15. The van der Waals surface area contributed by atoms with Crippen LogP contribution in [-0.4, -0.2) is 30.3 Å². The van der Waals surface area contributed by atoms with Crippen molar-refractivity contribution in [3.05, 3.63) is 57.8 Å². The number of anilines is 1. The number of hydrogen-bond acceptors (Lipinski definition) is 5. The van der Waals surface area contributed by atoms with Crippen LogP contribution < -0.4 is 16.4 Å². The molecule has 26 heavy (non-hydrogen) atoms. The van der Waals surface area contributed by atoms with Gasteiger partial charge in [-0.25, -0.2) is 4.98 Å². The van der Waals surface area contributed by atoms with Crippen molar-refractivity contribution < 1.29 is 0 Å². The van der Waals surface area contributed by atoms with Crippen LogP contribution in [-0.2, 0) is 0 Å². The highest BCUT2D eigenvalue weighted by Gasteiger charge is 2.19. The Kier molecular flexibility index (Phi) is 7.85. The van der Waals surface area contributed by atoms with E-state index in [1.165, 1.54) is 0 Å².